The highest BCUT2D eigenvalue weighted by molar-refractivity contribution is 7.14. The average Bonchev–Trinajstić information content (AvgIpc) is 2.99. The number of aromatic nitrogens is 2. The van der Waals surface area contributed by atoms with E-state index in [-0.39, 0.29) is 5.56 Å². The number of halogens is 1. The fourth-order valence-electron chi connectivity index (χ4n) is 2.82. The number of aldehydes is 1. The van der Waals surface area contributed by atoms with Crippen LogP contribution in [0.4, 0.5) is 0 Å². The Kier molecular flexibility index (Phi) is 3.39. The zero-order valence-corrected chi connectivity index (χ0v) is 13.5. The lowest BCUT2D eigenvalue weighted by molar-refractivity contribution is 0.112. The topological polar surface area (TPSA) is 52.0 Å². The first-order valence-corrected chi connectivity index (χ1v) is 8.32. The first-order valence-electron chi connectivity index (χ1n) is 7.13. The summed E-state index contributed by atoms with van der Waals surface area (Å²) in [5, 5.41) is 5.16. The van der Waals surface area contributed by atoms with E-state index >= 15 is 0 Å². The number of rotatable bonds is 2. The number of hydrogen-bond donors (Lipinski definition) is 0. The molecule has 6 heteroatoms. The van der Waals surface area contributed by atoms with Gasteiger partial charge in [0, 0.05) is 21.5 Å². The highest BCUT2D eigenvalue weighted by Gasteiger charge is 2.22. The average molecular weight is 343 g/mol. The molecule has 1 aliphatic rings. The van der Waals surface area contributed by atoms with Crippen molar-refractivity contribution in [3.63, 3.8) is 0 Å². The summed E-state index contributed by atoms with van der Waals surface area (Å²) >= 11 is 7.39. The van der Waals surface area contributed by atoms with Crippen LogP contribution >= 0.6 is 22.9 Å². The SMILES string of the molecule is O=Cc1cc2c(s1)CCc1cc(=O)n(-c3ccc(Cl)cc3)nc1-2. The van der Waals surface area contributed by atoms with Gasteiger partial charge in [0.2, 0.25) is 0 Å². The highest BCUT2D eigenvalue weighted by atomic mass is 35.5. The Morgan fingerprint density at radius 1 is 1.17 bits per heavy atom. The molecule has 0 bridgehead atoms. The predicted octanol–water partition coefficient (Wildman–Crippen LogP) is 3.53. The summed E-state index contributed by atoms with van der Waals surface area (Å²) in [6.45, 7) is 0. The normalized spacial score (nSPS) is 12.6. The minimum atomic E-state index is -0.166. The van der Waals surface area contributed by atoms with Gasteiger partial charge in [-0.2, -0.15) is 9.78 Å². The van der Waals surface area contributed by atoms with Crippen molar-refractivity contribution < 1.29 is 4.79 Å². The van der Waals surface area contributed by atoms with E-state index in [1.165, 1.54) is 16.0 Å². The van der Waals surface area contributed by atoms with Crippen LogP contribution in [0.1, 0.15) is 20.1 Å². The Labute approximate surface area is 141 Å². The summed E-state index contributed by atoms with van der Waals surface area (Å²) in [6.07, 6.45) is 2.47. The molecular weight excluding hydrogens is 332 g/mol. The van der Waals surface area contributed by atoms with Crippen LogP contribution in [0, 0.1) is 0 Å². The molecule has 0 saturated heterocycles. The van der Waals surface area contributed by atoms with Crippen LogP contribution in [0.3, 0.4) is 0 Å². The molecule has 0 atom stereocenters. The van der Waals surface area contributed by atoms with Gasteiger partial charge < -0.3 is 0 Å². The van der Waals surface area contributed by atoms with Crippen molar-refractivity contribution in [3.05, 3.63) is 67.1 Å². The summed E-state index contributed by atoms with van der Waals surface area (Å²) in [5.74, 6) is 0. The summed E-state index contributed by atoms with van der Waals surface area (Å²) in [7, 11) is 0. The molecule has 0 spiro atoms. The molecule has 4 nitrogen and oxygen atoms in total. The third kappa shape index (κ3) is 2.42. The van der Waals surface area contributed by atoms with Gasteiger partial charge in [-0.1, -0.05) is 11.6 Å². The Morgan fingerprint density at radius 2 is 1.96 bits per heavy atom. The monoisotopic (exact) mass is 342 g/mol. The standard InChI is InChI=1S/C17H11ClN2O2S/c18-11-2-4-12(5-3-11)20-16(22)7-10-1-6-15-14(17(10)19-20)8-13(9-21)23-15/h2-5,7-9H,1,6H2. The number of nitrogens with zero attached hydrogens (tertiary/aromatic N) is 2. The molecule has 3 aromatic rings. The molecule has 1 aliphatic carbocycles. The number of carbonyl (C=O) groups is 1. The Morgan fingerprint density at radius 3 is 2.70 bits per heavy atom. The first kappa shape index (κ1) is 14.4. The third-order valence-electron chi connectivity index (χ3n) is 3.90. The predicted molar refractivity (Wildman–Crippen MR) is 91.0 cm³/mol. The molecule has 0 radical (unpaired) electrons. The number of thiophene rings is 1. The Balaban J connectivity index is 1.92. The molecule has 0 saturated carbocycles. The van der Waals surface area contributed by atoms with Crippen LogP contribution in [-0.2, 0) is 12.8 Å². The lowest BCUT2D eigenvalue weighted by Crippen LogP contribution is -2.23. The van der Waals surface area contributed by atoms with Gasteiger partial charge in [0.05, 0.1) is 16.3 Å². The van der Waals surface area contributed by atoms with Gasteiger partial charge in [0.1, 0.15) is 0 Å². The lowest BCUT2D eigenvalue weighted by Gasteiger charge is -2.16. The second kappa shape index (κ2) is 5.44. The van der Waals surface area contributed by atoms with Gasteiger partial charge in [-0.3, -0.25) is 9.59 Å². The molecule has 2 heterocycles. The molecule has 0 aliphatic heterocycles. The van der Waals surface area contributed by atoms with Crippen LogP contribution in [0.5, 0.6) is 0 Å². The second-order valence-electron chi connectivity index (χ2n) is 5.35. The molecule has 0 N–H and O–H groups in total. The molecular formula is C17H11ClN2O2S. The number of aryl methyl sites for hydroxylation is 2. The summed E-state index contributed by atoms with van der Waals surface area (Å²) in [6, 6.07) is 10.5. The summed E-state index contributed by atoms with van der Waals surface area (Å²) in [5.41, 5.74) is 3.18. The number of hydrogen-bond acceptors (Lipinski definition) is 4. The van der Waals surface area contributed by atoms with E-state index in [2.05, 4.69) is 5.10 Å². The molecule has 114 valence electrons. The van der Waals surface area contributed by atoms with E-state index in [0.29, 0.717) is 15.6 Å². The van der Waals surface area contributed by atoms with Gasteiger partial charge in [-0.05, 0) is 48.7 Å². The number of carbonyl (C=O) groups excluding carboxylic acids is 1. The molecule has 2 aromatic heterocycles. The first-order chi connectivity index (χ1) is 11.2. The molecule has 0 amide bonds. The Bertz CT molecular complexity index is 973. The van der Waals surface area contributed by atoms with Crippen LogP contribution in [0.15, 0.2) is 41.2 Å². The minimum Gasteiger partial charge on any atom is -0.297 e. The van der Waals surface area contributed by atoms with Crippen molar-refractivity contribution in [1.82, 2.24) is 9.78 Å². The number of benzene rings is 1. The van der Waals surface area contributed by atoms with Crippen LogP contribution in [0.2, 0.25) is 5.02 Å². The number of fused-ring (bicyclic) bond motifs is 3. The van der Waals surface area contributed by atoms with Crippen molar-refractivity contribution in [2.24, 2.45) is 0 Å². The van der Waals surface area contributed by atoms with Gasteiger partial charge in [0.15, 0.2) is 6.29 Å². The maximum Gasteiger partial charge on any atom is 0.271 e. The van der Waals surface area contributed by atoms with Crippen molar-refractivity contribution in [2.45, 2.75) is 12.8 Å². The largest absolute Gasteiger partial charge is 0.297 e. The summed E-state index contributed by atoms with van der Waals surface area (Å²) in [4.78, 5) is 25.2. The van der Waals surface area contributed by atoms with Crippen LogP contribution < -0.4 is 5.56 Å². The Hall–Kier alpha value is -2.24. The fourth-order valence-corrected chi connectivity index (χ4v) is 3.92. The molecule has 1 aromatic carbocycles. The van der Waals surface area contributed by atoms with E-state index in [9.17, 15) is 9.59 Å². The fraction of sp³-hybridized carbons (Fsp3) is 0.118. The maximum absolute atomic E-state index is 12.4. The van der Waals surface area contributed by atoms with Gasteiger partial charge >= 0.3 is 0 Å². The second-order valence-corrected chi connectivity index (χ2v) is 6.95. The van der Waals surface area contributed by atoms with Crippen molar-refractivity contribution >= 4 is 29.2 Å². The van der Waals surface area contributed by atoms with Gasteiger partial charge in [0.25, 0.3) is 5.56 Å². The molecule has 0 unspecified atom stereocenters. The van der Waals surface area contributed by atoms with Crippen molar-refractivity contribution in [2.75, 3.05) is 0 Å². The van der Waals surface area contributed by atoms with E-state index < -0.39 is 0 Å². The third-order valence-corrected chi connectivity index (χ3v) is 5.27. The van der Waals surface area contributed by atoms with E-state index in [0.717, 1.165) is 40.8 Å². The maximum atomic E-state index is 12.4. The lowest BCUT2D eigenvalue weighted by atomic mass is 9.95. The van der Waals surface area contributed by atoms with Crippen LogP contribution in [0.25, 0.3) is 16.9 Å². The summed E-state index contributed by atoms with van der Waals surface area (Å²) < 4.78 is 1.38. The molecule has 23 heavy (non-hydrogen) atoms. The van der Waals surface area contributed by atoms with E-state index in [4.69, 9.17) is 11.6 Å². The van der Waals surface area contributed by atoms with Gasteiger partial charge in [-0.15, -0.1) is 11.3 Å². The molecule has 0 fully saturated rings. The quantitative estimate of drug-likeness (QED) is 0.669. The van der Waals surface area contributed by atoms with E-state index in [1.807, 2.05) is 6.07 Å². The highest BCUT2D eigenvalue weighted by Crippen LogP contribution is 2.36. The van der Waals surface area contributed by atoms with Crippen LogP contribution in [-0.4, -0.2) is 16.1 Å². The zero-order valence-electron chi connectivity index (χ0n) is 12.0. The minimum absolute atomic E-state index is 0.166. The molecule has 4 rings (SSSR count). The smallest absolute Gasteiger partial charge is 0.271 e. The van der Waals surface area contributed by atoms with Crippen molar-refractivity contribution in [1.29, 1.82) is 0 Å². The van der Waals surface area contributed by atoms with E-state index in [1.54, 1.807) is 30.3 Å². The zero-order chi connectivity index (χ0) is 16.0. The van der Waals surface area contributed by atoms with Crippen molar-refractivity contribution in [3.8, 4) is 16.9 Å². The van der Waals surface area contributed by atoms with Gasteiger partial charge in [-0.25, -0.2) is 0 Å².